The average molecular weight is 296 g/mol. The highest BCUT2D eigenvalue weighted by molar-refractivity contribution is 5.20. The fourth-order valence-electron chi connectivity index (χ4n) is 2.81. The van der Waals surface area contributed by atoms with E-state index in [4.69, 9.17) is 0 Å². The number of rotatable bonds is 6. The van der Waals surface area contributed by atoms with Crippen molar-refractivity contribution in [1.29, 1.82) is 0 Å². The van der Waals surface area contributed by atoms with Gasteiger partial charge in [-0.2, -0.15) is 8.78 Å². The molecule has 2 rings (SSSR count). The molecule has 0 spiro atoms. The molecule has 1 aromatic carbocycles. The molecule has 0 radical (unpaired) electrons. The largest absolute Gasteiger partial charge is 0.314 e. The Morgan fingerprint density at radius 1 is 1.19 bits per heavy atom. The third-order valence-corrected chi connectivity index (χ3v) is 4.14. The molecule has 1 fully saturated rings. The van der Waals surface area contributed by atoms with Gasteiger partial charge in [0.15, 0.2) is 0 Å². The van der Waals surface area contributed by atoms with Crippen LogP contribution in [0.5, 0.6) is 0 Å². The molecule has 0 saturated carbocycles. The van der Waals surface area contributed by atoms with Gasteiger partial charge in [-0.25, -0.2) is 0 Å². The first kappa shape index (κ1) is 16.4. The summed E-state index contributed by atoms with van der Waals surface area (Å²) >= 11 is 0. The van der Waals surface area contributed by atoms with E-state index in [9.17, 15) is 8.78 Å². The lowest BCUT2D eigenvalue weighted by Gasteiger charge is -2.34. The molecule has 1 heterocycles. The second-order valence-electron chi connectivity index (χ2n) is 6.35. The maximum absolute atomic E-state index is 14.2. The van der Waals surface area contributed by atoms with Crippen LogP contribution in [0.4, 0.5) is 8.78 Å². The van der Waals surface area contributed by atoms with Crippen molar-refractivity contribution in [3.63, 3.8) is 0 Å². The lowest BCUT2D eigenvalue weighted by molar-refractivity contribution is -0.0445. The van der Waals surface area contributed by atoms with E-state index in [1.807, 2.05) is 4.90 Å². The van der Waals surface area contributed by atoms with Gasteiger partial charge in [0, 0.05) is 11.6 Å². The minimum atomic E-state index is -2.76. The molecular weight excluding hydrogens is 270 g/mol. The highest BCUT2D eigenvalue weighted by Crippen LogP contribution is 2.30. The predicted octanol–water partition coefficient (Wildman–Crippen LogP) is 3.49. The zero-order valence-electron chi connectivity index (χ0n) is 13.0. The molecule has 0 aromatic heterocycles. The van der Waals surface area contributed by atoms with Crippen LogP contribution in [0.15, 0.2) is 30.3 Å². The molecule has 1 aliphatic rings. The van der Waals surface area contributed by atoms with Crippen LogP contribution in [0.3, 0.4) is 0 Å². The molecule has 0 bridgehead atoms. The van der Waals surface area contributed by atoms with Gasteiger partial charge in [0.2, 0.25) is 0 Å². The number of nitrogens with zero attached hydrogens (tertiary/aromatic N) is 1. The first-order chi connectivity index (χ1) is 9.97. The molecule has 0 aliphatic carbocycles. The van der Waals surface area contributed by atoms with Crippen LogP contribution in [0, 0.1) is 5.92 Å². The minimum absolute atomic E-state index is 0.119. The van der Waals surface area contributed by atoms with E-state index in [0.717, 1.165) is 32.5 Å². The summed E-state index contributed by atoms with van der Waals surface area (Å²) in [5.74, 6) is -2.14. The molecule has 1 N–H and O–H groups in total. The number of alkyl halides is 2. The second-order valence-corrected chi connectivity index (χ2v) is 6.35. The Morgan fingerprint density at radius 3 is 2.38 bits per heavy atom. The van der Waals surface area contributed by atoms with E-state index >= 15 is 0 Å². The quantitative estimate of drug-likeness (QED) is 0.864. The van der Waals surface area contributed by atoms with Gasteiger partial charge in [-0.05, 0) is 38.4 Å². The smallest absolute Gasteiger partial charge is 0.285 e. The summed E-state index contributed by atoms with van der Waals surface area (Å²) in [7, 11) is 0. The van der Waals surface area contributed by atoms with Gasteiger partial charge < -0.3 is 5.32 Å². The zero-order valence-corrected chi connectivity index (χ0v) is 13.0. The first-order valence-electron chi connectivity index (χ1n) is 7.86. The van der Waals surface area contributed by atoms with Gasteiger partial charge in [0.05, 0.1) is 6.54 Å². The van der Waals surface area contributed by atoms with Crippen molar-refractivity contribution in [2.45, 2.75) is 38.7 Å². The molecule has 4 heteroatoms. The van der Waals surface area contributed by atoms with Crippen molar-refractivity contribution in [2.24, 2.45) is 5.92 Å². The van der Waals surface area contributed by atoms with Crippen molar-refractivity contribution in [1.82, 2.24) is 10.2 Å². The second kappa shape index (κ2) is 7.32. The van der Waals surface area contributed by atoms with E-state index in [1.54, 1.807) is 18.2 Å². The topological polar surface area (TPSA) is 15.3 Å². The molecular formula is C17H26F2N2. The number of hydrogen-bond donors (Lipinski definition) is 1. The van der Waals surface area contributed by atoms with Gasteiger partial charge in [0.1, 0.15) is 0 Å². The maximum Gasteiger partial charge on any atom is 0.285 e. The Bertz CT molecular complexity index is 412. The summed E-state index contributed by atoms with van der Waals surface area (Å²) in [5.41, 5.74) is 0.119. The van der Waals surface area contributed by atoms with Crippen molar-refractivity contribution < 1.29 is 8.78 Å². The van der Waals surface area contributed by atoms with Crippen LogP contribution in [0.25, 0.3) is 0 Å². The summed E-state index contributed by atoms with van der Waals surface area (Å²) in [6.45, 7) is 6.65. The van der Waals surface area contributed by atoms with Crippen LogP contribution >= 0.6 is 0 Å². The fraction of sp³-hybridized carbons (Fsp3) is 0.647. The van der Waals surface area contributed by atoms with Gasteiger partial charge in [0.25, 0.3) is 5.92 Å². The molecule has 0 atom stereocenters. The van der Waals surface area contributed by atoms with E-state index in [1.165, 1.54) is 12.1 Å². The van der Waals surface area contributed by atoms with Crippen LogP contribution in [0.1, 0.15) is 32.3 Å². The number of likely N-dealkylation sites (tertiary alicyclic amines) is 1. The molecule has 1 aliphatic heterocycles. The summed E-state index contributed by atoms with van der Waals surface area (Å²) in [6, 6.07) is 8.64. The summed E-state index contributed by atoms with van der Waals surface area (Å²) < 4.78 is 28.5. The lowest BCUT2D eigenvalue weighted by Crippen LogP contribution is -2.42. The van der Waals surface area contributed by atoms with Crippen molar-refractivity contribution in [2.75, 3.05) is 26.2 Å². The fourth-order valence-corrected chi connectivity index (χ4v) is 2.81. The van der Waals surface area contributed by atoms with Crippen molar-refractivity contribution in [3.05, 3.63) is 35.9 Å². The normalized spacial score (nSPS) is 18.3. The summed E-state index contributed by atoms with van der Waals surface area (Å²) in [6.07, 6.45) is 2.01. The Hall–Kier alpha value is -1.00. The Balaban J connectivity index is 1.80. The van der Waals surface area contributed by atoms with Crippen LogP contribution < -0.4 is 5.32 Å². The summed E-state index contributed by atoms with van der Waals surface area (Å²) in [4.78, 5) is 1.90. The molecule has 1 saturated heterocycles. The third kappa shape index (κ3) is 5.04. The Morgan fingerprint density at radius 2 is 1.81 bits per heavy atom. The minimum Gasteiger partial charge on any atom is -0.314 e. The van der Waals surface area contributed by atoms with E-state index in [2.05, 4.69) is 19.2 Å². The lowest BCUT2D eigenvalue weighted by atomic mass is 9.96. The molecule has 1 aromatic rings. The van der Waals surface area contributed by atoms with Crippen LogP contribution in [-0.2, 0) is 5.92 Å². The van der Waals surface area contributed by atoms with E-state index in [-0.39, 0.29) is 12.1 Å². The van der Waals surface area contributed by atoms with Gasteiger partial charge >= 0.3 is 0 Å². The van der Waals surface area contributed by atoms with E-state index in [0.29, 0.717) is 12.0 Å². The van der Waals surface area contributed by atoms with Crippen molar-refractivity contribution >= 4 is 0 Å². The molecule has 118 valence electrons. The number of benzene rings is 1. The average Bonchev–Trinajstić information content (AvgIpc) is 2.47. The standard InChI is InChI=1S/C17H26F2N2/c1-14(2)20-12-15-8-10-21(11-9-15)13-17(18,19)16-6-4-3-5-7-16/h3-7,14-15,20H,8-13H2,1-2H3. The summed E-state index contributed by atoms with van der Waals surface area (Å²) in [5, 5.41) is 3.44. The van der Waals surface area contributed by atoms with E-state index < -0.39 is 5.92 Å². The first-order valence-corrected chi connectivity index (χ1v) is 7.86. The predicted molar refractivity (Wildman–Crippen MR) is 82.6 cm³/mol. The number of hydrogen-bond acceptors (Lipinski definition) is 2. The maximum atomic E-state index is 14.2. The Kier molecular flexibility index (Phi) is 5.71. The highest BCUT2D eigenvalue weighted by Gasteiger charge is 2.34. The molecule has 0 amide bonds. The number of piperidine rings is 1. The number of halogens is 2. The van der Waals surface area contributed by atoms with Gasteiger partial charge in [-0.15, -0.1) is 0 Å². The SMILES string of the molecule is CC(C)NCC1CCN(CC(F)(F)c2ccccc2)CC1. The monoisotopic (exact) mass is 296 g/mol. The van der Waals surface area contributed by atoms with Crippen LogP contribution in [0.2, 0.25) is 0 Å². The Labute approximate surface area is 126 Å². The van der Waals surface area contributed by atoms with Gasteiger partial charge in [-0.3, -0.25) is 4.90 Å². The third-order valence-electron chi connectivity index (χ3n) is 4.14. The van der Waals surface area contributed by atoms with Crippen LogP contribution in [-0.4, -0.2) is 37.1 Å². The molecule has 2 nitrogen and oxygen atoms in total. The van der Waals surface area contributed by atoms with Gasteiger partial charge in [-0.1, -0.05) is 44.2 Å². The molecule has 0 unspecified atom stereocenters. The molecule has 21 heavy (non-hydrogen) atoms. The number of nitrogens with one attached hydrogen (secondary N) is 1. The van der Waals surface area contributed by atoms with Crippen molar-refractivity contribution in [3.8, 4) is 0 Å². The highest BCUT2D eigenvalue weighted by atomic mass is 19.3. The zero-order chi connectivity index (χ0) is 15.3.